The number of hydrogen-bond acceptors (Lipinski definition) is 10. The first-order chi connectivity index (χ1) is 19.1. The van der Waals surface area contributed by atoms with Crippen LogP contribution in [0.5, 0.6) is 0 Å². The molecule has 4 N–H and O–H groups in total. The lowest BCUT2D eigenvalue weighted by Crippen LogP contribution is -2.70. The smallest absolute Gasteiger partial charge is 0.367 e. The number of aliphatic hydroxyl groups is 1. The van der Waals surface area contributed by atoms with E-state index in [1.807, 2.05) is 0 Å². The monoisotopic (exact) mass is 586 g/mol. The highest BCUT2D eigenvalue weighted by molar-refractivity contribution is 8.01. The van der Waals surface area contributed by atoms with E-state index in [1.54, 1.807) is 37.3 Å². The van der Waals surface area contributed by atoms with E-state index in [0.717, 1.165) is 25.9 Å². The molecule has 1 aromatic carbocycles. The summed E-state index contributed by atoms with van der Waals surface area (Å²) in [6.45, 7) is 1.13. The zero-order valence-corrected chi connectivity index (χ0v) is 22.4. The third kappa shape index (κ3) is 4.96. The Morgan fingerprint density at radius 3 is 2.60 bits per heavy atom. The number of carboxylic acids is 2. The molecule has 2 aliphatic heterocycles. The minimum absolute atomic E-state index is 0.144. The molecule has 1 fully saturated rings. The first-order valence-corrected chi connectivity index (χ1v) is 13.9. The molecule has 40 heavy (non-hydrogen) atoms. The number of hydrogen-bond donors (Lipinski definition) is 4. The summed E-state index contributed by atoms with van der Waals surface area (Å²) in [6, 6.07) is 8.90. The van der Waals surface area contributed by atoms with Crippen molar-refractivity contribution in [1.29, 1.82) is 0 Å². The second kappa shape index (κ2) is 10.8. The van der Waals surface area contributed by atoms with Crippen LogP contribution in [0.4, 0.5) is 0 Å². The SMILES string of the molecule is Cc1ccccc1[C@@H](O)C(=O)NC1C(=O)N2C(C(=O)O)=C(CSc3ccc4nn(CC(=O)O)c(=O)n4n3)CS[C@H]12. The number of β-lactam (4-membered cyclic amide) rings is 1. The topological polar surface area (TPSA) is 196 Å². The van der Waals surface area contributed by atoms with E-state index in [4.69, 9.17) is 5.11 Å². The van der Waals surface area contributed by atoms with E-state index >= 15 is 0 Å². The molecule has 0 bridgehead atoms. The van der Waals surface area contributed by atoms with Gasteiger partial charge in [0.25, 0.3) is 11.8 Å². The van der Waals surface area contributed by atoms with E-state index in [1.165, 1.54) is 17.8 Å². The number of fused-ring (bicyclic) bond motifs is 2. The van der Waals surface area contributed by atoms with Gasteiger partial charge in [-0.15, -0.1) is 28.6 Å². The molecular weight excluding hydrogens is 564 g/mol. The number of amides is 2. The van der Waals surface area contributed by atoms with E-state index in [9.17, 15) is 34.2 Å². The molecule has 5 rings (SSSR count). The fraction of sp³-hybridized carbons (Fsp3) is 0.292. The minimum Gasteiger partial charge on any atom is -0.480 e. The normalized spacial score (nSPS) is 19.2. The molecule has 1 unspecified atom stereocenters. The zero-order valence-electron chi connectivity index (χ0n) is 20.8. The third-order valence-corrected chi connectivity index (χ3v) is 8.72. The molecule has 3 aromatic rings. The molecule has 2 amide bonds. The van der Waals surface area contributed by atoms with Crippen LogP contribution >= 0.6 is 23.5 Å². The number of thioether (sulfide) groups is 2. The fourth-order valence-corrected chi connectivity index (χ4v) is 6.76. The molecular formula is C24H22N6O8S2. The van der Waals surface area contributed by atoms with Gasteiger partial charge < -0.3 is 20.6 Å². The maximum absolute atomic E-state index is 13.0. The second-order valence-corrected chi connectivity index (χ2v) is 11.1. The van der Waals surface area contributed by atoms with Crippen molar-refractivity contribution in [3.8, 4) is 0 Å². The number of aryl methyl sites for hydroxylation is 1. The summed E-state index contributed by atoms with van der Waals surface area (Å²) in [5, 5.41) is 39.7. The average molecular weight is 587 g/mol. The van der Waals surface area contributed by atoms with Crippen LogP contribution in [0.1, 0.15) is 17.2 Å². The molecule has 2 aliphatic rings. The first kappa shape index (κ1) is 27.4. The van der Waals surface area contributed by atoms with Gasteiger partial charge in [-0.3, -0.25) is 19.3 Å². The van der Waals surface area contributed by atoms with Crippen molar-refractivity contribution in [2.45, 2.75) is 36.0 Å². The second-order valence-electron chi connectivity index (χ2n) is 8.98. The Bertz CT molecular complexity index is 1650. The largest absolute Gasteiger partial charge is 0.480 e. The Balaban J connectivity index is 1.29. The molecule has 16 heteroatoms. The van der Waals surface area contributed by atoms with Crippen molar-refractivity contribution in [3.05, 3.63) is 69.3 Å². The van der Waals surface area contributed by atoms with Gasteiger partial charge in [-0.2, -0.15) is 14.3 Å². The van der Waals surface area contributed by atoms with E-state index in [2.05, 4.69) is 15.5 Å². The van der Waals surface area contributed by atoms with Gasteiger partial charge >= 0.3 is 17.6 Å². The summed E-state index contributed by atoms with van der Waals surface area (Å²) in [7, 11) is 0. The summed E-state index contributed by atoms with van der Waals surface area (Å²) in [6.07, 6.45) is -1.48. The van der Waals surface area contributed by atoms with Crippen molar-refractivity contribution in [2.75, 3.05) is 11.5 Å². The predicted octanol–water partition coefficient (Wildman–Crippen LogP) is -0.152. The van der Waals surface area contributed by atoms with Gasteiger partial charge in [0.15, 0.2) is 11.8 Å². The Hall–Kier alpha value is -4.15. The number of nitrogens with zero attached hydrogens (tertiary/aromatic N) is 5. The Kier molecular flexibility index (Phi) is 7.39. The molecule has 0 aliphatic carbocycles. The lowest BCUT2D eigenvalue weighted by atomic mass is 10.0. The Morgan fingerprint density at radius 1 is 1.15 bits per heavy atom. The van der Waals surface area contributed by atoms with Gasteiger partial charge in [0.05, 0.1) is 0 Å². The Morgan fingerprint density at radius 2 is 1.90 bits per heavy atom. The predicted molar refractivity (Wildman–Crippen MR) is 141 cm³/mol. The highest BCUT2D eigenvalue weighted by Crippen LogP contribution is 2.41. The first-order valence-electron chi connectivity index (χ1n) is 11.8. The lowest BCUT2D eigenvalue weighted by molar-refractivity contribution is -0.151. The Labute approximate surface area is 233 Å². The molecule has 3 atom stereocenters. The number of aliphatic carboxylic acids is 2. The number of aliphatic hydroxyl groups excluding tert-OH is 1. The average Bonchev–Trinajstić information content (AvgIpc) is 3.23. The molecule has 0 spiro atoms. The number of rotatable bonds is 9. The van der Waals surface area contributed by atoms with Crippen molar-refractivity contribution in [3.63, 3.8) is 0 Å². The van der Waals surface area contributed by atoms with Crippen LogP contribution in [0.15, 0.2) is 57.5 Å². The molecule has 14 nitrogen and oxygen atoms in total. The molecule has 2 aromatic heterocycles. The number of aromatic nitrogens is 4. The molecule has 4 heterocycles. The van der Waals surface area contributed by atoms with Crippen LogP contribution in [0, 0.1) is 6.92 Å². The van der Waals surface area contributed by atoms with Crippen LogP contribution in [0.2, 0.25) is 0 Å². The van der Waals surface area contributed by atoms with Crippen LogP contribution in [-0.4, -0.2) is 86.3 Å². The van der Waals surface area contributed by atoms with Gasteiger partial charge in [-0.25, -0.2) is 9.59 Å². The quantitative estimate of drug-likeness (QED) is 0.191. The molecule has 1 saturated heterocycles. The van der Waals surface area contributed by atoms with E-state index < -0.39 is 53.5 Å². The van der Waals surface area contributed by atoms with Crippen molar-refractivity contribution >= 4 is 52.9 Å². The number of nitrogens with one attached hydrogen (secondary N) is 1. The van der Waals surface area contributed by atoms with Crippen LogP contribution in [-0.2, 0) is 25.7 Å². The molecule has 0 radical (unpaired) electrons. The van der Waals surface area contributed by atoms with Gasteiger partial charge in [-0.05, 0) is 35.8 Å². The lowest BCUT2D eigenvalue weighted by Gasteiger charge is -2.49. The van der Waals surface area contributed by atoms with Gasteiger partial charge in [0, 0.05) is 11.5 Å². The number of carbonyl (C=O) groups excluding carboxylic acids is 2. The van der Waals surface area contributed by atoms with Crippen LogP contribution in [0.3, 0.4) is 0 Å². The standard InChI is InChI=1S/C24H22N6O8S2/c1-11-4-2-3-5-13(11)19(33)20(34)25-17-21(35)29-18(23(36)37)12(10-40-22(17)29)9-39-15-7-6-14-26-28(8-16(31)32)24(38)30(14)27-15/h2-7,17,19,22,33H,8-10H2,1H3,(H,25,34)(H,31,32)(H,36,37)/t17?,19-,22-/m1/s1. The number of benzene rings is 1. The van der Waals surface area contributed by atoms with Crippen LogP contribution < -0.4 is 11.0 Å². The number of carboxylic acid groups (broad SMARTS) is 2. The van der Waals surface area contributed by atoms with E-state index in [-0.39, 0.29) is 22.8 Å². The third-order valence-electron chi connectivity index (χ3n) is 6.37. The highest BCUT2D eigenvalue weighted by Gasteiger charge is 2.54. The molecule has 208 valence electrons. The van der Waals surface area contributed by atoms with Crippen molar-refractivity contribution in [1.82, 2.24) is 29.6 Å². The van der Waals surface area contributed by atoms with Gasteiger partial charge in [0.2, 0.25) is 0 Å². The number of carbonyl (C=O) groups is 4. The van der Waals surface area contributed by atoms with Gasteiger partial charge in [-0.1, -0.05) is 24.3 Å². The molecule has 0 saturated carbocycles. The summed E-state index contributed by atoms with van der Waals surface area (Å²) in [5.74, 6) is -3.48. The highest BCUT2D eigenvalue weighted by atomic mass is 32.2. The maximum Gasteiger partial charge on any atom is 0.367 e. The summed E-state index contributed by atoms with van der Waals surface area (Å²) >= 11 is 2.42. The van der Waals surface area contributed by atoms with Crippen LogP contribution in [0.25, 0.3) is 5.65 Å². The van der Waals surface area contributed by atoms with Gasteiger partial charge in [0.1, 0.15) is 28.7 Å². The van der Waals surface area contributed by atoms with E-state index in [0.29, 0.717) is 21.7 Å². The fourth-order valence-electron chi connectivity index (χ4n) is 4.42. The summed E-state index contributed by atoms with van der Waals surface area (Å²) in [5.41, 5.74) is 0.821. The maximum atomic E-state index is 13.0. The minimum atomic E-state index is -1.48. The summed E-state index contributed by atoms with van der Waals surface area (Å²) in [4.78, 5) is 62.3. The van der Waals surface area contributed by atoms with Crippen molar-refractivity contribution in [2.24, 2.45) is 0 Å². The summed E-state index contributed by atoms with van der Waals surface area (Å²) < 4.78 is 1.73. The van der Waals surface area contributed by atoms with Crippen molar-refractivity contribution < 1.29 is 34.5 Å². The zero-order chi connectivity index (χ0) is 28.7.